The molecule has 16 heavy (non-hydrogen) atoms. The van der Waals surface area contributed by atoms with Crippen LogP contribution in [0.3, 0.4) is 0 Å². The molecule has 1 heterocycles. The summed E-state index contributed by atoms with van der Waals surface area (Å²) in [4.78, 5) is 4.39. The van der Waals surface area contributed by atoms with Crippen LogP contribution in [-0.4, -0.2) is 11.0 Å². The van der Waals surface area contributed by atoms with Crippen molar-refractivity contribution in [2.75, 3.05) is 0 Å². The molecule has 0 bridgehead atoms. The molecule has 4 heteroatoms. The molecule has 1 aliphatic carbocycles. The molecular formula is C12H14Br2N2. The third-order valence-electron chi connectivity index (χ3n) is 2.71. The average Bonchev–Trinajstić information content (AvgIpc) is 2.29. The van der Waals surface area contributed by atoms with Gasteiger partial charge < -0.3 is 5.32 Å². The van der Waals surface area contributed by atoms with E-state index >= 15 is 0 Å². The van der Waals surface area contributed by atoms with E-state index in [-0.39, 0.29) is 0 Å². The van der Waals surface area contributed by atoms with Gasteiger partial charge in [0, 0.05) is 27.7 Å². The predicted octanol–water partition coefficient (Wildman–Crippen LogP) is 3.80. The largest absolute Gasteiger partial charge is 0.308 e. The molecule has 2 nitrogen and oxygen atoms in total. The zero-order valence-electron chi connectivity index (χ0n) is 8.92. The molecule has 1 unspecified atom stereocenters. The van der Waals surface area contributed by atoms with E-state index in [4.69, 9.17) is 0 Å². The van der Waals surface area contributed by atoms with Gasteiger partial charge in [-0.05, 0) is 57.2 Å². The summed E-state index contributed by atoms with van der Waals surface area (Å²) in [5.41, 5.74) is 1.07. The van der Waals surface area contributed by atoms with Gasteiger partial charge in [0.1, 0.15) is 0 Å². The van der Waals surface area contributed by atoms with Crippen LogP contribution in [0, 0.1) is 0 Å². The summed E-state index contributed by atoms with van der Waals surface area (Å²) < 4.78 is 2.06. The van der Waals surface area contributed by atoms with Gasteiger partial charge in [-0.3, -0.25) is 4.98 Å². The number of hydrogen-bond donors (Lipinski definition) is 1. The van der Waals surface area contributed by atoms with Crippen molar-refractivity contribution in [2.24, 2.45) is 0 Å². The summed E-state index contributed by atoms with van der Waals surface area (Å²) >= 11 is 6.93. The van der Waals surface area contributed by atoms with Crippen LogP contribution in [0.25, 0.3) is 0 Å². The first kappa shape index (κ1) is 12.3. The lowest BCUT2D eigenvalue weighted by Crippen LogP contribution is -2.29. The standard InChI is InChI=1S/C12H14Br2N2/c13-9-6-11(14)12(16-7-9)8-15-10-4-2-1-3-5-10/h1-2,6-7,10,15H,3-5,8H2. The Morgan fingerprint density at radius 1 is 1.38 bits per heavy atom. The van der Waals surface area contributed by atoms with Gasteiger partial charge in [-0.25, -0.2) is 0 Å². The van der Waals surface area contributed by atoms with E-state index in [1.54, 1.807) is 0 Å². The second kappa shape index (κ2) is 5.94. The first-order valence-corrected chi connectivity index (χ1v) is 7.02. The Kier molecular flexibility index (Phi) is 4.55. The van der Waals surface area contributed by atoms with E-state index in [2.05, 4.69) is 54.3 Å². The topological polar surface area (TPSA) is 24.9 Å². The Morgan fingerprint density at radius 2 is 2.25 bits per heavy atom. The minimum Gasteiger partial charge on any atom is -0.308 e. The summed E-state index contributed by atoms with van der Waals surface area (Å²) in [7, 11) is 0. The number of rotatable bonds is 3. The molecule has 86 valence electrons. The molecule has 0 saturated carbocycles. The Balaban J connectivity index is 1.91. The van der Waals surface area contributed by atoms with E-state index in [9.17, 15) is 0 Å². The molecule has 0 radical (unpaired) electrons. The Morgan fingerprint density at radius 3 is 2.94 bits per heavy atom. The maximum absolute atomic E-state index is 4.39. The molecule has 1 aromatic heterocycles. The smallest absolute Gasteiger partial charge is 0.0684 e. The van der Waals surface area contributed by atoms with Gasteiger partial charge in [0.15, 0.2) is 0 Å². The lowest BCUT2D eigenvalue weighted by Gasteiger charge is -2.19. The van der Waals surface area contributed by atoms with Gasteiger partial charge in [-0.2, -0.15) is 0 Å². The summed E-state index contributed by atoms with van der Waals surface area (Å²) in [6.45, 7) is 0.826. The molecule has 1 aromatic rings. The van der Waals surface area contributed by atoms with Gasteiger partial charge in [0.05, 0.1) is 5.69 Å². The van der Waals surface area contributed by atoms with E-state index in [1.165, 1.54) is 12.8 Å². The number of nitrogens with one attached hydrogen (secondary N) is 1. The molecule has 0 aromatic carbocycles. The normalized spacial score (nSPS) is 20.0. The van der Waals surface area contributed by atoms with Crippen molar-refractivity contribution in [1.82, 2.24) is 10.3 Å². The minimum atomic E-state index is 0.599. The highest BCUT2D eigenvalue weighted by Gasteiger charge is 2.10. The summed E-state index contributed by atoms with van der Waals surface area (Å²) in [5.74, 6) is 0. The van der Waals surface area contributed by atoms with Crippen molar-refractivity contribution in [1.29, 1.82) is 0 Å². The van der Waals surface area contributed by atoms with Gasteiger partial charge in [-0.1, -0.05) is 12.2 Å². The third kappa shape index (κ3) is 3.40. The van der Waals surface area contributed by atoms with Crippen molar-refractivity contribution in [3.63, 3.8) is 0 Å². The quantitative estimate of drug-likeness (QED) is 0.843. The number of halogens is 2. The van der Waals surface area contributed by atoms with Crippen LogP contribution in [0.4, 0.5) is 0 Å². The molecule has 0 fully saturated rings. The molecule has 1 aliphatic rings. The zero-order chi connectivity index (χ0) is 11.4. The van der Waals surface area contributed by atoms with Crippen LogP contribution in [0.1, 0.15) is 25.0 Å². The molecular weight excluding hydrogens is 332 g/mol. The third-order valence-corrected chi connectivity index (χ3v) is 3.83. The second-order valence-corrected chi connectivity index (χ2v) is 5.71. The number of nitrogens with zero attached hydrogens (tertiary/aromatic N) is 1. The maximum atomic E-state index is 4.39. The number of pyridine rings is 1. The molecule has 0 spiro atoms. The molecule has 0 saturated heterocycles. The lowest BCUT2D eigenvalue weighted by atomic mass is 10.0. The van der Waals surface area contributed by atoms with Crippen LogP contribution < -0.4 is 5.32 Å². The number of hydrogen-bond acceptors (Lipinski definition) is 2. The first-order valence-electron chi connectivity index (χ1n) is 5.44. The monoisotopic (exact) mass is 344 g/mol. The van der Waals surface area contributed by atoms with Gasteiger partial charge >= 0.3 is 0 Å². The van der Waals surface area contributed by atoms with Crippen LogP contribution in [0.15, 0.2) is 33.4 Å². The summed E-state index contributed by atoms with van der Waals surface area (Å²) in [6, 6.07) is 2.63. The van der Waals surface area contributed by atoms with E-state index < -0.39 is 0 Å². The highest BCUT2D eigenvalue weighted by atomic mass is 79.9. The van der Waals surface area contributed by atoms with Gasteiger partial charge in [-0.15, -0.1) is 0 Å². The number of allylic oxidation sites excluding steroid dienone is 1. The van der Waals surface area contributed by atoms with E-state index in [0.29, 0.717) is 6.04 Å². The van der Waals surface area contributed by atoms with E-state index in [0.717, 1.165) is 27.6 Å². The van der Waals surface area contributed by atoms with Crippen LogP contribution in [0.5, 0.6) is 0 Å². The Labute approximate surface area is 113 Å². The molecule has 1 N–H and O–H groups in total. The van der Waals surface area contributed by atoms with Crippen molar-refractivity contribution < 1.29 is 0 Å². The van der Waals surface area contributed by atoms with Crippen LogP contribution >= 0.6 is 31.9 Å². The summed E-state index contributed by atoms with van der Waals surface area (Å²) in [6.07, 6.45) is 9.89. The fourth-order valence-electron chi connectivity index (χ4n) is 1.79. The molecule has 2 rings (SSSR count). The molecule has 1 atom stereocenters. The fraction of sp³-hybridized carbons (Fsp3) is 0.417. The van der Waals surface area contributed by atoms with Crippen molar-refractivity contribution in [3.8, 4) is 0 Å². The highest BCUT2D eigenvalue weighted by Crippen LogP contribution is 2.20. The fourth-order valence-corrected chi connectivity index (χ4v) is 2.92. The second-order valence-electron chi connectivity index (χ2n) is 3.94. The maximum Gasteiger partial charge on any atom is 0.0684 e. The van der Waals surface area contributed by atoms with Gasteiger partial charge in [0.2, 0.25) is 0 Å². The SMILES string of the molecule is Brc1cnc(CNC2CC=CCC2)c(Br)c1. The Bertz CT molecular complexity index is 391. The van der Waals surface area contributed by atoms with Gasteiger partial charge in [0.25, 0.3) is 0 Å². The first-order chi connectivity index (χ1) is 7.75. The highest BCUT2D eigenvalue weighted by molar-refractivity contribution is 9.11. The van der Waals surface area contributed by atoms with E-state index in [1.807, 2.05) is 12.3 Å². The van der Waals surface area contributed by atoms with Crippen LogP contribution in [0.2, 0.25) is 0 Å². The number of aromatic nitrogens is 1. The van der Waals surface area contributed by atoms with Crippen molar-refractivity contribution >= 4 is 31.9 Å². The molecule has 0 amide bonds. The molecule has 0 aliphatic heterocycles. The predicted molar refractivity (Wildman–Crippen MR) is 73.3 cm³/mol. The lowest BCUT2D eigenvalue weighted by molar-refractivity contribution is 0.470. The van der Waals surface area contributed by atoms with Crippen molar-refractivity contribution in [3.05, 3.63) is 39.1 Å². The Hall–Kier alpha value is -0.190. The average molecular weight is 346 g/mol. The summed E-state index contributed by atoms with van der Waals surface area (Å²) in [5, 5.41) is 3.54. The zero-order valence-corrected chi connectivity index (χ0v) is 12.1. The minimum absolute atomic E-state index is 0.599. The van der Waals surface area contributed by atoms with Crippen molar-refractivity contribution in [2.45, 2.75) is 31.8 Å². The van der Waals surface area contributed by atoms with Crippen LogP contribution in [-0.2, 0) is 6.54 Å².